The fourth-order valence-corrected chi connectivity index (χ4v) is 1.41. The number of nitrogens with zero attached hydrogens (tertiary/aromatic N) is 2. The molecule has 0 unspecified atom stereocenters. The molecule has 98 valence electrons. The van der Waals surface area contributed by atoms with Gasteiger partial charge in [0.05, 0.1) is 10.6 Å². The Kier molecular flexibility index (Phi) is 4.61. The second-order valence-electron chi connectivity index (χ2n) is 3.75. The van der Waals surface area contributed by atoms with Gasteiger partial charge in [-0.3, -0.25) is 15.1 Å². The number of hydrogen-bond donors (Lipinski definition) is 2. The van der Waals surface area contributed by atoms with Crippen LogP contribution in [0.1, 0.15) is 19.8 Å². The summed E-state index contributed by atoms with van der Waals surface area (Å²) in [5.41, 5.74) is 5.90. The Bertz CT molecular complexity index is 476. The van der Waals surface area contributed by atoms with Gasteiger partial charge in [-0.05, 0) is 18.6 Å². The van der Waals surface area contributed by atoms with Crippen LogP contribution in [0.3, 0.4) is 0 Å². The summed E-state index contributed by atoms with van der Waals surface area (Å²) < 4.78 is 13.1. The molecule has 1 aromatic carbocycles. The second-order valence-corrected chi connectivity index (χ2v) is 3.75. The van der Waals surface area contributed by atoms with E-state index in [-0.39, 0.29) is 0 Å². The lowest BCUT2D eigenvalue weighted by atomic mass is 10.2. The third-order valence-electron chi connectivity index (χ3n) is 2.27. The lowest BCUT2D eigenvalue weighted by Crippen LogP contribution is -2.26. The molecule has 7 heteroatoms. The van der Waals surface area contributed by atoms with Gasteiger partial charge in [-0.25, -0.2) is 5.84 Å². The zero-order valence-corrected chi connectivity index (χ0v) is 9.97. The summed E-state index contributed by atoms with van der Waals surface area (Å²) >= 11 is 0. The van der Waals surface area contributed by atoms with Gasteiger partial charge < -0.3 is 5.73 Å². The molecule has 0 aliphatic heterocycles. The summed E-state index contributed by atoms with van der Waals surface area (Å²) in [4.78, 5) is 9.79. The molecule has 0 amide bonds. The van der Waals surface area contributed by atoms with E-state index in [1.165, 1.54) is 12.3 Å². The number of halogens is 1. The average molecular weight is 254 g/mol. The lowest BCUT2D eigenvalue weighted by molar-refractivity contribution is -0.387. The van der Waals surface area contributed by atoms with E-state index in [4.69, 9.17) is 11.6 Å². The Labute approximate surface area is 104 Å². The first-order valence-electron chi connectivity index (χ1n) is 5.39. The topological polar surface area (TPSA) is 98.4 Å². The number of hydrogen-bond acceptors (Lipinski definition) is 5. The number of nitro benzene ring substituents is 1. The van der Waals surface area contributed by atoms with Gasteiger partial charge in [0.15, 0.2) is 0 Å². The van der Waals surface area contributed by atoms with Gasteiger partial charge in [-0.15, -0.1) is 0 Å². The van der Waals surface area contributed by atoms with Crippen molar-refractivity contribution in [2.75, 3.05) is 5.01 Å². The summed E-state index contributed by atoms with van der Waals surface area (Å²) in [6, 6.07) is 3.40. The number of anilines is 1. The van der Waals surface area contributed by atoms with Crippen LogP contribution < -0.4 is 16.6 Å². The van der Waals surface area contributed by atoms with Crippen LogP contribution in [0.4, 0.5) is 15.8 Å². The van der Waals surface area contributed by atoms with Crippen molar-refractivity contribution in [3.8, 4) is 0 Å². The molecule has 1 rings (SSSR count). The molecule has 0 bridgehead atoms. The number of nitrogens with two attached hydrogens (primary N) is 2. The van der Waals surface area contributed by atoms with Gasteiger partial charge in [-0.1, -0.05) is 13.3 Å². The predicted molar refractivity (Wildman–Crippen MR) is 66.9 cm³/mol. The van der Waals surface area contributed by atoms with Gasteiger partial charge in [0.1, 0.15) is 0 Å². The Morgan fingerprint density at radius 3 is 2.83 bits per heavy atom. The Morgan fingerprint density at radius 2 is 2.28 bits per heavy atom. The third kappa shape index (κ3) is 3.42. The maximum atomic E-state index is 13.1. The Hall–Kier alpha value is -2.15. The van der Waals surface area contributed by atoms with Gasteiger partial charge in [0.2, 0.25) is 5.82 Å². The van der Waals surface area contributed by atoms with Crippen molar-refractivity contribution in [1.82, 2.24) is 0 Å². The SMILES string of the molecule is CCC/C(N)=C/N(N)c1ccc(F)c([N+](=O)[O-])c1. The second kappa shape index (κ2) is 5.97. The summed E-state index contributed by atoms with van der Waals surface area (Å²) in [7, 11) is 0. The maximum Gasteiger partial charge on any atom is 0.306 e. The van der Waals surface area contributed by atoms with Crippen LogP contribution in [0.5, 0.6) is 0 Å². The van der Waals surface area contributed by atoms with Gasteiger partial charge >= 0.3 is 5.69 Å². The molecule has 0 saturated carbocycles. The minimum Gasteiger partial charge on any atom is -0.401 e. The summed E-state index contributed by atoms with van der Waals surface area (Å²) in [6.07, 6.45) is 2.98. The fourth-order valence-electron chi connectivity index (χ4n) is 1.41. The van der Waals surface area contributed by atoms with Crippen molar-refractivity contribution < 1.29 is 9.31 Å². The lowest BCUT2D eigenvalue weighted by Gasteiger charge is -2.14. The molecule has 0 heterocycles. The van der Waals surface area contributed by atoms with Crippen LogP contribution in [0.15, 0.2) is 30.1 Å². The van der Waals surface area contributed by atoms with Crippen LogP contribution >= 0.6 is 0 Å². The zero-order chi connectivity index (χ0) is 13.7. The van der Waals surface area contributed by atoms with Crippen LogP contribution in [0.2, 0.25) is 0 Å². The molecule has 0 aromatic heterocycles. The molecule has 0 spiro atoms. The minimum atomic E-state index is -0.900. The molecule has 0 radical (unpaired) electrons. The highest BCUT2D eigenvalue weighted by atomic mass is 19.1. The van der Waals surface area contributed by atoms with Crippen molar-refractivity contribution in [3.63, 3.8) is 0 Å². The van der Waals surface area contributed by atoms with Gasteiger partial charge in [-0.2, -0.15) is 4.39 Å². The first-order chi connectivity index (χ1) is 8.45. The van der Waals surface area contributed by atoms with Gasteiger partial charge in [0.25, 0.3) is 0 Å². The number of benzene rings is 1. The highest BCUT2D eigenvalue weighted by Crippen LogP contribution is 2.23. The van der Waals surface area contributed by atoms with Crippen LogP contribution in [0.25, 0.3) is 0 Å². The summed E-state index contributed by atoms with van der Waals surface area (Å²) in [6.45, 7) is 1.96. The molecular weight excluding hydrogens is 239 g/mol. The van der Waals surface area contributed by atoms with Crippen LogP contribution in [0, 0.1) is 15.9 Å². The Balaban J connectivity index is 3.00. The van der Waals surface area contributed by atoms with E-state index >= 15 is 0 Å². The fraction of sp³-hybridized carbons (Fsp3) is 0.273. The largest absolute Gasteiger partial charge is 0.401 e. The van der Waals surface area contributed by atoms with E-state index in [1.54, 1.807) is 0 Å². The summed E-state index contributed by atoms with van der Waals surface area (Å²) in [5, 5.41) is 11.7. The average Bonchev–Trinajstić information content (AvgIpc) is 2.29. The number of hydrazine groups is 1. The normalized spacial score (nSPS) is 11.4. The molecule has 6 nitrogen and oxygen atoms in total. The predicted octanol–water partition coefficient (Wildman–Crippen LogP) is 2.01. The first kappa shape index (κ1) is 13.9. The third-order valence-corrected chi connectivity index (χ3v) is 2.27. The Morgan fingerprint density at radius 1 is 1.61 bits per heavy atom. The highest BCUT2D eigenvalue weighted by molar-refractivity contribution is 5.54. The van der Waals surface area contributed by atoms with Crippen molar-refractivity contribution in [3.05, 3.63) is 46.0 Å². The molecule has 0 atom stereocenters. The molecule has 0 aliphatic carbocycles. The number of allylic oxidation sites excluding steroid dienone is 1. The van der Waals surface area contributed by atoms with Crippen molar-refractivity contribution >= 4 is 11.4 Å². The maximum absolute atomic E-state index is 13.1. The smallest absolute Gasteiger partial charge is 0.306 e. The van der Waals surface area contributed by atoms with Crippen LogP contribution in [-0.4, -0.2) is 4.92 Å². The van der Waals surface area contributed by atoms with E-state index in [0.29, 0.717) is 17.8 Å². The molecule has 0 fully saturated rings. The molecular formula is C11H15FN4O2. The van der Waals surface area contributed by atoms with Gasteiger partial charge in [0, 0.05) is 18.0 Å². The van der Waals surface area contributed by atoms with Crippen molar-refractivity contribution in [2.45, 2.75) is 19.8 Å². The quantitative estimate of drug-likeness (QED) is 0.475. The minimum absolute atomic E-state index is 0.294. The molecule has 18 heavy (non-hydrogen) atoms. The molecule has 0 saturated heterocycles. The first-order valence-corrected chi connectivity index (χ1v) is 5.39. The zero-order valence-electron chi connectivity index (χ0n) is 9.97. The highest BCUT2D eigenvalue weighted by Gasteiger charge is 2.15. The monoisotopic (exact) mass is 254 g/mol. The summed E-state index contributed by atoms with van der Waals surface area (Å²) in [5.74, 6) is 4.78. The molecule has 4 N–H and O–H groups in total. The van der Waals surface area contributed by atoms with E-state index in [0.717, 1.165) is 23.6 Å². The molecule has 0 aliphatic rings. The number of nitro groups is 1. The van der Waals surface area contributed by atoms with E-state index in [2.05, 4.69) is 0 Å². The van der Waals surface area contributed by atoms with Crippen LogP contribution in [-0.2, 0) is 0 Å². The van der Waals surface area contributed by atoms with Crippen molar-refractivity contribution in [2.24, 2.45) is 11.6 Å². The van der Waals surface area contributed by atoms with E-state index in [1.807, 2.05) is 6.92 Å². The van der Waals surface area contributed by atoms with E-state index < -0.39 is 16.4 Å². The van der Waals surface area contributed by atoms with Crippen molar-refractivity contribution in [1.29, 1.82) is 0 Å². The molecule has 1 aromatic rings. The standard InChI is InChI=1S/C11H15FN4O2/c1-2-3-8(13)7-15(14)9-4-5-10(12)11(6-9)16(17)18/h4-7H,2-3,13-14H2,1H3/b8-7-. The van der Waals surface area contributed by atoms with E-state index in [9.17, 15) is 14.5 Å². The number of rotatable bonds is 5.